The number of halogens is 1. The van der Waals surface area contributed by atoms with Crippen LogP contribution in [0, 0.1) is 11.3 Å². The molecule has 6 nitrogen and oxygen atoms in total. The fourth-order valence-corrected chi connectivity index (χ4v) is 3.82. The van der Waals surface area contributed by atoms with Gasteiger partial charge in [0.1, 0.15) is 4.90 Å². The van der Waals surface area contributed by atoms with Crippen molar-refractivity contribution in [3.63, 3.8) is 0 Å². The van der Waals surface area contributed by atoms with E-state index in [4.69, 9.17) is 16.9 Å². The molecule has 0 atom stereocenters. The highest BCUT2D eigenvalue weighted by Crippen LogP contribution is 2.20. The molecule has 0 saturated heterocycles. The van der Waals surface area contributed by atoms with E-state index in [2.05, 4.69) is 4.72 Å². The Balaban J connectivity index is 1.87. The number of amides is 1. The van der Waals surface area contributed by atoms with E-state index in [1.54, 1.807) is 43.4 Å². The summed E-state index contributed by atoms with van der Waals surface area (Å²) in [4.78, 5) is 13.7. The van der Waals surface area contributed by atoms with Crippen molar-refractivity contribution in [1.29, 1.82) is 5.26 Å². The molecule has 0 spiro atoms. The van der Waals surface area contributed by atoms with Gasteiger partial charge in [0.25, 0.3) is 0 Å². The van der Waals surface area contributed by atoms with E-state index in [0.29, 0.717) is 12.1 Å². The van der Waals surface area contributed by atoms with Gasteiger partial charge in [-0.05, 0) is 29.8 Å². The Morgan fingerprint density at radius 3 is 2.46 bits per heavy atom. The standard InChI is InChI=1S/C18H18ClN3O3S/c1-22(13-15-8-6-14(12-20)7-9-15)18(23)10-11-21-26(24,25)17-5-3-2-4-16(17)19/h2-9,21H,10-11,13H2,1H3. The summed E-state index contributed by atoms with van der Waals surface area (Å²) < 4.78 is 26.8. The second-order valence-electron chi connectivity index (χ2n) is 5.64. The fourth-order valence-electron chi connectivity index (χ4n) is 2.27. The van der Waals surface area contributed by atoms with E-state index in [1.165, 1.54) is 17.0 Å². The highest BCUT2D eigenvalue weighted by atomic mass is 35.5. The van der Waals surface area contributed by atoms with Crippen LogP contribution in [0.1, 0.15) is 17.5 Å². The second-order valence-corrected chi connectivity index (χ2v) is 7.78. The first kappa shape index (κ1) is 19.9. The first-order valence-corrected chi connectivity index (χ1v) is 9.67. The van der Waals surface area contributed by atoms with E-state index >= 15 is 0 Å². The van der Waals surface area contributed by atoms with Gasteiger partial charge in [0, 0.05) is 26.6 Å². The van der Waals surface area contributed by atoms with E-state index in [1.807, 2.05) is 6.07 Å². The Kier molecular flexibility index (Phi) is 6.75. The van der Waals surface area contributed by atoms with Crippen LogP contribution in [-0.4, -0.2) is 32.8 Å². The molecule has 0 fully saturated rings. The molecule has 0 bridgehead atoms. The molecule has 1 N–H and O–H groups in total. The summed E-state index contributed by atoms with van der Waals surface area (Å²) in [5.41, 5.74) is 1.44. The van der Waals surface area contributed by atoms with Crippen LogP contribution in [0.2, 0.25) is 5.02 Å². The van der Waals surface area contributed by atoms with Crippen LogP contribution in [0.3, 0.4) is 0 Å². The Bertz CT molecular complexity index is 921. The van der Waals surface area contributed by atoms with E-state index in [0.717, 1.165) is 5.56 Å². The molecule has 1 amide bonds. The van der Waals surface area contributed by atoms with Crippen molar-refractivity contribution in [3.05, 3.63) is 64.7 Å². The third-order valence-corrected chi connectivity index (χ3v) is 5.65. The van der Waals surface area contributed by atoms with Gasteiger partial charge in [0.05, 0.1) is 16.7 Å². The zero-order valence-electron chi connectivity index (χ0n) is 14.1. The van der Waals surface area contributed by atoms with Crippen molar-refractivity contribution in [2.45, 2.75) is 17.9 Å². The predicted octanol–water partition coefficient (Wildman–Crippen LogP) is 2.54. The number of benzene rings is 2. The molecule has 136 valence electrons. The second kappa shape index (κ2) is 8.81. The molecule has 2 rings (SSSR count). The minimum atomic E-state index is -3.76. The predicted molar refractivity (Wildman–Crippen MR) is 98.9 cm³/mol. The normalized spacial score (nSPS) is 11.0. The van der Waals surface area contributed by atoms with Gasteiger partial charge < -0.3 is 4.90 Å². The topological polar surface area (TPSA) is 90.3 Å². The molecule has 0 aliphatic carbocycles. The molecule has 0 saturated carbocycles. The van der Waals surface area contributed by atoms with Gasteiger partial charge in [0.15, 0.2) is 0 Å². The molecule has 8 heteroatoms. The molecular formula is C18H18ClN3O3S. The molecular weight excluding hydrogens is 374 g/mol. The molecule has 0 unspecified atom stereocenters. The summed E-state index contributed by atoms with van der Waals surface area (Å²) in [7, 11) is -2.12. The summed E-state index contributed by atoms with van der Waals surface area (Å²) in [6.07, 6.45) is 0.0243. The number of nitrogens with one attached hydrogen (secondary N) is 1. The monoisotopic (exact) mass is 391 g/mol. The molecule has 0 radical (unpaired) electrons. The zero-order chi connectivity index (χ0) is 19.2. The van der Waals surface area contributed by atoms with Crippen LogP contribution >= 0.6 is 11.6 Å². The van der Waals surface area contributed by atoms with Crippen LogP contribution in [-0.2, 0) is 21.4 Å². The summed E-state index contributed by atoms with van der Waals surface area (Å²) in [5, 5.41) is 8.91. The highest BCUT2D eigenvalue weighted by molar-refractivity contribution is 7.89. The lowest BCUT2D eigenvalue weighted by Gasteiger charge is -2.17. The highest BCUT2D eigenvalue weighted by Gasteiger charge is 2.18. The Morgan fingerprint density at radius 1 is 1.19 bits per heavy atom. The summed E-state index contributed by atoms with van der Waals surface area (Å²) in [5.74, 6) is -0.198. The van der Waals surface area contributed by atoms with Crippen molar-refractivity contribution in [3.8, 4) is 6.07 Å². The van der Waals surface area contributed by atoms with Gasteiger partial charge in [-0.2, -0.15) is 5.26 Å². The molecule has 0 aromatic heterocycles. The van der Waals surface area contributed by atoms with Crippen molar-refractivity contribution >= 4 is 27.5 Å². The van der Waals surface area contributed by atoms with Crippen molar-refractivity contribution in [1.82, 2.24) is 9.62 Å². The molecule has 0 heterocycles. The SMILES string of the molecule is CN(Cc1ccc(C#N)cc1)C(=O)CCNS(=O)(=O)c1ccccc1Cl. The van der Waals surface area contributed by atoms with E-state index in [-0.39, 0.29) is 28.8 Å². The van der Waals surface area contributed by atoms with Gasteiger partial charge in [-0.25, -0.2) is 13.1 Å². The number of carbonyl (C=O) groups is 1. The first-order chi connectivity index (χ1) is 12.3. The summed E-state index contributed by atoms with van der Waals surface area (Å²) in [6, 6.07) is 15.1. The van der Waals surface area contributed by atoms with Crippen LogP contribution in [0.5, 0.6) is 0 Å². The summed E-state index contributed by atoms with van der Waals surface area (Å²) in [6.45, 7) is 0.353. The van der Waals surface area contributed by atoms with Gasteiger partial charge in [-0.15, -0.1) is 0 Å². The molecule has 0 aliphatic rings. The third kappa shape index (κ3) is 5.30. The van der Waals surface area contributed by atoms with E-state index < -0.39 is 10.0 Å². The number of carbonyl (C=O) groups excluding carboxylic acids is 1. The third-order valence-electron chi connectivity index (χ3n) is 3.69. The minimum absolute atomic E-state index is 0.0138. The lowest BCUT2D eigenvalue weighted by molar-refractivity contribution is -0.130. The molecule has 2 aromatic rings. The first-order valence-electron chi connectivity index (χ1n) is 7.80. The maximum atomic E-state index is 12.2. The smallest absolute Gasteiger partial charge is 0.242 e. The fraction of sp³-hybridized carbons (Fsp3) is 0.222. The maximum absolute atomic E-state index is 12.2. The molecule has 2 aromatic carbocycles. The lowest BCUT2D eigenvalue weighted by Crippen LogP contribution is -2.32. The largest absolute Gasteiger partial charge is 0.341 e. The van der Waals surface area contributed by atoms with Crippen LogP contribution < -0.4 is 4.72 Å². The molecule has 0 aliphatic heterocycles. The summed E-state index contributed by atoms with van der Waals surface area (Å²) >= 11 is 5.90. The lowest BCUT2D eigenvalue weighted by atomic mass is 10.1. The Hall–Kier alpha value is -2.40. The van der Waals surface area contributed by atoms with Crippen LogP contribution in [0.25, 0.3) is 0 Å². The average Bonchev–Trinajstić information content (AvgIpc) is 2.62. The number of sulfonamides is 1. The van der Waals surface area contributed by atoms with Gasteiger partial charge >= 0.3 is 0 Å². The van der Waals surface area contributed by atoms with Gasteiger partial charge in [-0.3, -0.25) is 4.79 Å². The van der Waals surface area contributed by atoms with Gasteiger partial charge in [0.2, 0.25) is 15.9 Å². The quantitative estimate of drug-likeness (QED) is 0.785. The number of hydrogen-bond acceptors (Lipinski definition) is 4. The number of nitrogens with zero attached hydrogens (tertiary/aromatic N) is 2. The zero-order valence-corrected chi connectivity index (χ0v) is 15.7. The van der Waals surface area contributed by atoms with Crippen molar-refractivity contribution < 1.29 is 13.2 Å². The van der Waals surface area contributed by atoms with Crippen LogP contribution in [0.15, 0.2) is 53.4 Å². The number of nitriles is 1. The molecule has 26 heavy (non-hydrogen) atoms. The van der Waals surface area contributed by atoms with Crippen molar-refractivity contribution in [2.75, 3.05) is 13.6 Å². The Labute approximate surface area is 158 Å². The maximum Gasteiger partial charge on any atom is 0.242 e. The average molecular weight is 392 g/mol. The van der Waals surface area contributed by atoms with Gasteiger partial charge in [-0.1, -0.05) is 35.9 Å². The van der Waals surface area contributed by atoms with Crippen LogP contribution in [0.4, 0.5) is 0 Å². The van der Waals surface area contributed by atoms with Crippen molar-refractivity contribution in [2.24, 2.45) is 0 Å². The minimum Gasteiger partial charge on any atom is -0.341 e. The van der Waals surface area contributed by atoms with E-state index in [9.17, 15) is 13.2 Å². The number of rotatable bonds is 7. The number of hydrogen-bond donors (Lipinski definition) is 1. The Morgan fingerprint density at radius 2 is 1.85 bits per heavy atom.